The van der Waals surface area contributed by atoms with Crippen LogP contribution in [0.2, 0.25) is 0 Å². The van der Waals surface area contributed by atoms with Crippen LogP contribution in [0.15, 0.2) is 58.7 Å². The van der Waals surface area contributed by atoms with Crippen LogP contribution in [-0.2, 0) is 0 Å². The number of nitrogens with zero attached hydrogens (tertiary/aromatic N) is 6. The number of rotatable bonds is 4. The SMILES string of the molecule is Cc1c(-c2cc(Sc3ccccc3C#N)c3c(C#N)cnn3c2)cnn1C1CCC(O)CC1. The van der Waals surface area contributed by atoms with Gasteiger partial charge in [0, 0.05) is 32.8 Å². The second-order valence-corrected chi connectivity index (χ2v) is 9.40. The van der Waals surface area contributed by atoms with Crippen molar-refractivity contribution in [2.75, 3.05) is 0 Å². The molecule has 1 N–H and O–H groups in total. The zero-order valence-corrected chi connectivity index (χ0v) is 19.0. The van der Waals surface area contributed by atoms with Gasteiger partial charge in [-0.2, -0.15) is 20.7 Å². The Hall–Kier alpha value is -3.59. The van der Waals surface area contributed by atoms with Gasteiger partial charge in [0.25, 0.3) is 0 Å². The zero-order chi connectivity index (χ0) is 22.9. The summed E-state index contributed by atoms with van der Waals surface area (Å²) < 4.78 is 3.81. The number of benzene rings is 1. The molecule has 1 saturated carbocycles. The quantitative estimate of drug-likeness (QED) is 0.472. The van der Waals surface area contributed by atoms with Crippen molar-refractivity contribution >= 4 is 17.3 Å². The summed E-state index contributed by atoms with van der Waals surface area (Å²) in [5, 5.41) is 38.1. The van der Waals surface area contributed by atoms with Crippen molar-refractivity contribution in [3.8, 4) is 23.3 Å². The molecule has 0 radical (unpaired) electrons. The largest absolute Gasteiger partial charge is 0.393 e. The van der Waals surface area contributed by atoms with E-state index in [2.05, 4.69) is 40.0 Å². The molecule has 1 aliphatic carbocycles. The molecule has 0 aliphatic heterocycles. The van der Waals surface area contributed by atoms with Crippen LogP contribution in [0.1, 0.15) is 48.5 Å². The van der Waals surface area contributed by atoms with Crippen LogP contribution in [0, 0.1) is 29.6 Å². The van der Waals surface area contributed by atoms with E-state index in [0.29, 0.717) is 11.1 Å². The van der Waals surface area contributed by atoms with Gasteiger partial charge in [-0.1, -0.05) is 23.9 Å². The van der Waals surface area contributed by atoms with Gasteiger partial charge in [0.1, 0.15) is 12.1 Å². The highest BCUT2D eigenvalue weighted by Crippen LogP contribution is 2.38. The highest BCUT2D eigenvalue weighted by atomic mass is 32.2. The average Bonchev–Trinajstić information content (AvgIpc) is 3.43. The molecule has 0 bridgehead atoms. The van der Waals surface area contributed by atoms with Gasteiger partial charge in [0.15, 0.2) is 0 Å². The molecule has 0 unspecified atom stereocenters. The molecule has 5 rings (SSSR count). The first-order chi connectivity index (χ1) is 16.1. The van der Waals surface area contributed by atoms with Crippen molar-refractivity contribution in [1.82, 2.24) is 19.4 Å². The molecule has 3 heterocycles. The smallest absolute Gasteiger partial charge is 0.103 e. The first-order valence-corrected chi connectivity index (χ1v) is 11.7. The third-order valence-corrected chi connectivity index (χ3v) is 7.40. The number of hydrogen-bond acceptors (Lipinski definition) is 6. The van der Waals surface area contributed by atoms with Crippen molar-refractivity contribution in [1.29, 1.82) is 10.5 Å². The first kappa shape index (κ1) is 21.3. The molecule has 4 aromatic rings. The van der Waals surface area contributed by atoms with E-state index < -0.39 is 0 Å². The van der Waals surface area contributed by atoms with Gasteiger partial charge in [-0.3, -0.25) is 4.68 Å². The highest BCUT2D eigenvalue weighted by Gasteiger charge is 2.24. The lowest BCUT2D eigenvalue weighted by atomic mass is 9.93. The predicted octanol–water partition coefficient (Wildman–Crippen LogP) is 4.88. The second-order valence-electron chi connectivity index (χ2n) is 8.32. The Morgan fingerprint density at radius 1 is 1.00 bits per heavy atom. The van der Waals surface area contributed by atoms with Crippen molar-refractivity contribution in [3.63, 3.8) is 0 Å². The highest BCUT2D eigenvalue weighted by molar-refractivity contribution is 7.99. The van der Waals surface area contributed by atoms with E-state index in [9.17, 15) is 15.6 Å². The van der Waals surface area contributed by atoms with E-state index in [0.717, 1.165) is 57.8 Å². The molecular formula is C25H22N6OS. The summed E-state index contributed by atoms with van der Waals surface area (Å²) >= 11 is 1.46. The van der Waals surface area contributed by atoms with E-state index in [4.69, 9.17) is 0 Å². The molecule has 1 aliphatic rings. The third kappa shape index (κ3) is 3.89. The standard InChI is InChI=1S/C25H22N6OS/c1-16-22(14-29-31(16)20-6-8-21(32)9-7-20)18-10-24(25-19(12-27)13-28-30(25)15-18)33-23-5-3-2-4-17(23)11-26/h2-5,10,13-15,20-21,32H,6-9H2,1H3. The lowest BCUT2D eigenvalue weighted by Gasteiger charge is -2.26. The van der Waals surface area contributed by atoms with Gasteiger partial charge in [0.2, 0.25) is 0 Å². The van der Waals surface area contributed by atoms with Crippen molar-refractivity contribution in [2.45, 2.75) is 54.5 Å². The summed E-state index contributed by atoms with van der Waals surface area (Å²) in [6, 6.07) is 14.3. The van der Waals surface area contributed by atoms with Crippen LogP contribution in [0.25, 0.3) is 16.6 Å². The Balaban J connectivity index is 1.60. The van der Waals surface area contributed by atoms with Gasteiger partial charge in [-0.05, 0) is 50.8 Å². The fourth-order valence-electron chi connectivity index (χ4n) is 4.54. The Bertz CT molecular complexity index is 1420. The maximum Gasteiger partial charge on any atom is 0.103 e. The van der Waals surface area contributed by atoms with E-state index in [1.165, 1.54) is 11.8 Å². The molecule has 0 atom stereocenters. The molecule has 7 nitrogen and oxygen atoms in total. The molecule has 1 fully saturated rings. The van der Waals surface area contributed by atoms with Crippen molar-refractivity contribution in [3.05, 3.63) is 65.7 Å². The van der Waals surface area contributed by atoms with Gasteiger partial charge in [0.05, 0.1) is 41.2 Å². The molecule has 33 heavy (non-hydrogen) atoms. The van der Waals surface area contributed by atoms with E-state index >= 15 is 0 Å². The number of hydrogen-bond donors (Lipinski definition) is 1. The molecule has 3 aromatic heterocycles. The fraction of sp³-hybridized carbons (Fsp3) is 0.280. The van der Waals surface area contributed by atoms with Gasteiger partial charge >= 0.3 is 0 Å². The van der Waals surface area contributed by atoms with Crippen molar-refractivity contribution < 1.29 is 5.11 Å². The van der Waals surface area contributed by atoms with Crippen LogP contribution in [0.3, 0.4) is 0 Å². The third-order valence-electron chi connectivity index (χ3n) is 6.29. The maximum atomic E-state index is 9.85. The van der Waals surface area contributed by atoms with E-state index in [-0.39, 0.29) is 12.1 Å². The minimum Gasteiger partial charge on any atom is -0.393 e. The Labute approximate surface area is 195 Å². The van der Waals surface area contributed by atoms with E-state index in [1.807, 2.05) is 30.6 Å². The zero-order valence-electron chi connectivity index (χ0n) is 18.1. The normalized spacial score (nSPS) is 18.2. The number of aliphatic hydroxyl groups is 1. The predicted molar refractivity (Wildman–Crippen MR) is 125 cm³/mol. The maximum absolute atomic E-state index is 9.85. The Morgan fingerprint density at radius 3 is 2.52 bits per heavy atom. The van der Waals surface area contributed by atoms with Gasteiger partial charge in [-0.25, -0.2) is 4.52 Å². The van der Waals surface area contributed by atoms with Crippen LogP contribution in [0.4, 0.5) is 0 Å². The number of aliphatic hydroxyl groups excluding tert-OH is 1. The number of nitriles is 2. The summed E-state index contributed by atoms with van der Waals surface area (Å²) in [5.74, 6) is 0. The second kappa shape index (κ2) is 8.74. The molecule has 164 valence electrons. The van der Waals surface area contributed by atoms with Crippen molar-refractivity contribution in [2.24, 2.45) is 0 Å². The van der Waals surface area contributed by atoms with Crippen LogP contribution in [-0.4, -0.2) is 30.6 Å². The van der Waals surface area contributed by atoms with Crippen LogP contribution in [0.5, 0.6) is 0 Å². The fourth-order valence-corrected chi connectivity index (χ4v) is 5.63. The minimum atomic E-state index is -0.205. The monoisotopic (exact) mass is 454 g/mol. The number of fused-ring (bicyclic) bond motifs is 1. The molecule has 0 amide bonds. The Kier molecular flexibility index (Phi) is 5.63. The van der Waals surface area contributed by atoms with Gasteiger partial charge in [-0.15, -0.1) is 0 Å². The minimum absolute atomic E-state index is 0.205. The lowest BCUT2D eigenvalue weighted by Crippen LogP contribution is -2.22. The lowest BCUT2D eigenvalue weighted by molar-refractivity contribution is 0.107. The molecule has 0 spiro atoms. The average molecular weight is 455 g/mol. The number of aromatic nitrogens is 4. The molecular weight excluding hydrogens is 432 g/mol. The summed E-state index contributed by atoms with van der Waals surface area (Å²) in [6.07, 6.45) is 8.61. The summed E-state index contributed by atoms with van der Waals surface area (Å²) in [4.78, 5) is 1.69. The van der Waals surface area contributed by atoms with Gasteiger partial charge < -0.3 is 5.11 Å². The molecule has 1 aromatic carbocycles. The van der Waals surface area contributed by atoms with Crippen LogP contribution < -0.4 is 0 Å². The Morgan fingerprint density at radius 2 is 1.76 bits per heavy atom. The molecule has 0 saturated heterocycles. The first-order valence-electron chi connectivity index (χ1n) is 10.9. The summed E-state index contributed by atoms with van der Waals surface area (Å²) in [6.45, 7) is 2.07. The number of pyridine rings is 1. The summed E-state index contributed by atoms with van der Waals surface area (Å²) in [7, 11) is 0. The molecule has 8 heteroatoms. The summed E-state index contributed by atoms with van der Waals surface area (Å²) in [5.41, 5.74) is 4.83. The van der Waals surface area contributed by atoms with Crippen LogP contribution >= 0.6 is 11.8 Å². The van der Waals surface area contributed by atoms with E-state index in [1.54, 1.807) is 16.8 Å². The topological polar surface area (TPSA) is 103 Å².